The summed E-state index contributed by atoms with van der Waals surface area (Å²) in [7, 11) is 1.74. The average Bonchev–Trinajstić information content (AvgIpc) is 3.18. The maximum Gasteiger partial charge on any atom is 0.231 e. The van der Waals surface area contributed by atoms with Gasteiger partial charge in [-0.1, -0.05) is 12.1 Å². The number of nitrogens with one attached hydrogen (secondary N) is 2. The molecule has 0 unspecified atom stereocenters. The second-order valence-corrected chi connectivity index (χ2v) is 4.56. The summed E-state index contributed by atoms with van der Waals surface area (Å²) < 4.78 is 15.9. The summed E-state index contributed by atoms with van der Waals surface area (Å²) in [4.78, 5) is 4.19. The molecule has 1 aliphatic rings. The Labute approximate surface area is 122 Å². The van der Waals surface area contributed by atoms with E-state index >= 15 is 0 Å². The Kier molecular flexibility index (Phi) is 3.95. The molecule has 1 aromatic carbocycles. The summed E-state index contributed by atoms with van der Waals surface area (Å²) in [6.07, 6.45) is 3.35. The number of para-hydroxylation sites is 1. The molecule has 0 atom stereocenters. The number of ether oxygens (including phenoxy) is 2. The number of guanidine groups is 1. The summed E-state index contributed by atoms with van der Waals surface area (Å²) >= 11 is 0. The van der Waals surface area contributed by atoms with Crippen molar-refractivity contribution in [2.24, 2.45) is 4.99 Å². The van der Waals surface area contributed by atoms with Gasteiger partial charge in [0, 0.05) is 31.3 Å². The van der Waals surface area contributed by atoms with Gasteiger partial charge in [0.2, 0.25) is 6.79 Å². The molecule has 0 fully saturated rings. The predicted molar refractivity (Wildman–Crippen MR) is 78.3 cm³/mol. The van der Waals surface area contributed by atoms with Gasteiger partial charge in [0.05, 0.1) is 12.5 Å². The SMILES string of the molecule is CN=C(NCc1ccoc1)NCc1cccc2c1OCO2. The van der Waals surface area contributed by atoms with Crippen LogP contribution < -0.4 is 20.1 Å². The van der Waals surface area contributed by atoms with Gasteiger partial charge in [0.1, 0.15) is 0 Å². The van der Waals surface area contributed by atoms with Crippen LogP contribution in [0.1, 0.15) is 11.1 Å². The minimum absolute atomic E-state index is 0.278. The summed E-state index contributed by atoms with van der Waals surface area (Å²) in [5, 5.41) is 6.47. The number of aliphatic imine (C=N–C) groups is 1. The second-order valence-electron chi connectivity index (χ2n) is 4.56. The Bertz CT molecular complexity index is 623. The minimum atomic E-state index is 0.278. The number of fused-ring (bicyclic) bond motifs is 1. The van der Waals surface area contributed by atoms with Crippen molar-refractivity contribution >= 4 is 5.96 Å². The van der Waals surface area contributed by atoms with Crippen LogP contribution in [-0.4, -0.2) is 19.8 Å². The number of furan rings is 1. The third-order valence-electron chi connectivity index (χ3n) is 3.19. The molecule has 2 aromatic rings. The van der Waals surface area contributed by atoms with Gasteiger partial charge in [-0.3, -0.25) is 4.99 Å². The van der Waals surface area contributed by atoms with E-state index in [0.29, 0.717) is 19.0 Å². The standard InChI is InChI=1S/C15H17N3O3/c1-16-15(17-7-11-5-6-19-9-11)18-8-12-3-2-4-13-14(12)21-10-20-13/h2-6,9H,7-8,10H2,1H3,(H2,16,17,18). The molecule has 1 aliphatic heterocycles. The second kappa shape index (κ2) is 6.21. The highest BCUT2D eigenvalue weighted by molar-refractivity contribution is 5.79. The molecule has 0 saturated heterocycles. The lowest BCUT2D eigenvalue weighted by molar-refractivity contribution is 0.173. The van der Waals surface area contributed by atoms with Gasteiger partial charge in [-0.2, -0.15) is 0 Å². The van der Waals surface area contributed by atoms with Crippen LogP contribution in [0.3, 0.4) is 0 Å². The van der Waals surface area contributed by atoms with Crippen molar-refractivity contribution in [2.45, 2.75) is 13.1 Å². The zero-order chi connectivity index (χ0) is 14.5. The number of nitrogens with zero attached hydrogens (tertiary/aromatic N) is 1. The first-order valence-corrected chi connectivity index (χ1v) is 6.70. The van der Waals surface area contributed by atoms with E-state index < -0.39 is 0 Å². The number of benzene rings is 1. The van der Waals surface area contributed by atoms with Gasteiger partial charge < -0.3 is 24.5 Å². The molecule has 2 heterocycles. The molecule has 0 aliphatic carbocycles. The van der Waals surface area contributed by atoms with Crippen LogP contribution in [0.15, 0.2) is 46.2 Å². The summed E-state index contributed by atoms with van der Waals surface area (Å²) in [6.45, 7) is 1.54. The Morgan fingerprint density at radius 3 is 2.90 bits per heavy atom. The Morgan fingerprint density at radius 2 is 2.10 bits per heavy atom. The Morgan fingerprint density at radius 1 is 1.19 bits per heavy atom. The maximum absolute atomic E-state index is 5.48. The summed E-state index contributed by atoms with van der Waals surface area (Å²) in [5.74, 6) is 2.30. The largest absolute Gasteiger partial charge is 0.472 e. The van der Waals surface area contributed by atoms with Gasteiger partial charge in [0.15, 0.2) is 17.5 Å². The van der Waals surface area contributed by atoms with E-state index in [1.165, 1.54) is 0 Å². The molecular weight excluding hydrogens is 270 g/mol. The lowest BCUT2D eigenvalue weighted by Crippen LogP contribution is -2.36. The first kappa shape index (κ1) is 13.4. The van der Waals surface area contributed by atoms with Gasteiger partial charge in [-0.15, -0.1) is 0 Å². The fraction of sp³-hybridized carbons (Fsp3) is 0.267. The van der Waals surface area contributed by atoms with Crippen LogP contribution in [-0.2, 0) is 13.1 Å². The van der Waals surface area contributed by atoms with Crippen LogP contribution in [0.2, 0.25) is 0 Å². The smallest absolute Gasteiger partial charge is 0.231 e. The zero-order valence-corrected chi connectivity index (χ0v) is 11.8. The van der Waals surface area contributed by atoms with Crippen molar-refractivity contribution in [3.63, 3.8) is 0 Å². The normalized spacial score (nSPS) is 13.3. The highest BCUT2D eigenvalue weighted by Crippen LogP contribution is 2.35. The molecule has 6 nitrogen and oxygen atoms in total. The minimum Gasteiger partial charge on any atom is -0.472 e. The van der Waals surface area contributed by atoms with Crippen molar-refractivity contribution in [3.8, 4) is 11.5 Å². The van der Waals surface area contributed by atoms with Gasteiger partial charge in [-0.25, -0.2) is 0 Å². The number of hydrogen-bond acceptors (Lipinski definition) is 4. The Hall–Kier alpha value is -2.63. The lowest BCUT2D eigenvalue weighted by Gasteiger charge is -2.12. The molecule has 0 bridgehead atoms. The van der Waals surface area contributed by atoms with E-state index in [2.05, 4.69) is 15.6 Å². The molecule has 110 valence electrons. The van der Waals surface area contributed by atoms with E-state index in [4.69, 9.17) is 13.9 Å². The van der Waals surface area contributed by atoms with Crippen molar-refractivity contribution in [3.05, 3.63) is 47.9 Å². The highest BCUT2D eigenvalue weighted by atomic mass is 16.7. The summed E-state index contributed by atoms with van der Waals surface area (Å²) in [5.41, 5.74) is 2.10. The monoisotopic (exact) mass is 287 g/mol. The van der Waals surface area contributed by atoms with Crippen LogP contribution in [0, 0.1) is 0 Å². The fourth-order valence-corrected chi connectivity index (χ4v) is 2.11. The highest BCUT2D eigenvalue weighted by Gasteiger charge is 2.16. The molecule has 0 spiro atoms. The average molecular weight is 287 g/mol. The summed E-state index contributed by atoms with van der Waals surface area (Å²) in [6, 6.07) is 7.77. The van der Waals surface area contributed by atoms with Crippen molar-refractivity contribution < 1.29 is 13.9 Å². The molecule has 3 rings (SSSR count). The molecule has 2 N–H and O–H groups in total. The van der Waals surface area contributed by atoms with E-state index in [0.717, 1.165) is 22.6 Å². The van der Waals surface area contributed by atoms with Gasteiger partial charge in [0.25, 0.3) is 0 Å². The van der Waals surface area contributed by atoms with E-state index in [1.54, 1.807) is 19.6 Å². The first-order valence-electron chi connectivity index (χ1n) is 6.70. The lowest BCUT2D eigenvalue weighted by atomic mass is 10.2. The number of hydrogen-bond donors (Lipinski definition) is 2. The van der Waals surface area contributed by atoms with Crippen molar-refractivity contribution in [1.29, 1.82) is 0 Å². The molecule has 1 aromatic heterocycles. The van der Waals surface area contributed by atoms with Crippen LogP contribution in [0.5, 0.6) is 11.5 Å². The van der Waals surface area contributed by atoms with Crippen molar-refractivity contribution in [2.75, 3.05) is 13.8 Å². The first-order chi connectivity index (χ1) is 10.4. The predicted octanol–water partition coefficient (Wildman–Crippen LogP) is 1.87. The fourth-order valence-electron chi connectivity index (χ4n) is 2.11. The van der Waals surface area contributed by atoms with Crippen LogP contribution in [0.4, 0.5) is 0 Å². The quantitative estimate of drug-likeness (QED) is 0.664. The molecule has 0 saturated carbocycles. The van der Waals surface area contributed by atoms with Gasteiger partial charge >= 0.3 is 0 Å². The van der Waals surface area contributed by atoms with Gasteiger partial charge in [-0.05, 0) is 12.1 Å². The molecule has 6 heteroatoms. The Balaban J connectivity index is 1.57. The van der Waals surface area contributed by atoms with E-state index in [-0.39, 0.29) is 6.79 Å². The number of rotatable bonds is 4. The molecular formula is C15H17N3O3. The van der Waals surface area contributed by atoms with Crippen LogP contribution in [0.25, 0.3) is 0 Å². The van der Waals surface area contributed by atoms with Crippen LogP contribution >= 0.6 is 0 Å². The molecule has 21 heavy (non-hydrogen) atoms. The third kappa shape index (κ3) is 3.10. The third-order valence-corrected chi connectivity index (χ3v) is 3.19. The maximum atomic E-state index is 5.48. The topological polar surface area (TPSA) is 68.0 Å². The van der Waals surface area contributed by atoms with Crippen molar-refractivity contribution in [1.82, 2.24) is 10.6 Å². The zero-order valence-electron chi connectivity index (χ0n) is 11.8. The van der Waals surface area contributed by atoms with E-state index in [9.17, 15) is 0 Å². The van der Waals surface area contributed by atoms with E-state index in [1.807, 2.05) is 24.3 Å². The molecule has 0 amide bonds. The molecule has 0 radical (unpaired) electrons.